The molecule has 3 rings (SSSR count). The van der Waals surface area contributed by atoms with E-state index in [1.54, 1.807) is 4.90 Å². The van der Waals surface area contributed by atoms with Gasteiger partial charge < -0.3 is 19.3 Å². The summed E-state index contributed by atoms with van der Waals surface area (Å²) in [4.78, 5) is 28.5. The third-order valence-corrected chi connectivity index (χ3v) is 5.24. The van der Waals surface area contributed by atoms with Gasteiger partial charge in [0.05, 0.1) is 12.1 Å². The zero-order valence-corrected chi connectivity index (χ0v) is 15.1. The van der Waals surface area contributed by atoms with E-state index in [9.17, 15) is 9.59 Å². The first-order chi connectivity index (χ1) is 11.3. The SMILES string of the molecule is CC(C)(C)OC(=O)N1CCC(N2C(=O)CO[C@@H]3CCCC[C@H]32)CC1. The van der Waals surface area contributed by atoms with E-state index >= 15 is 0 Å². The second-order valence-corrected chi connectivity index (χ2v) is 8.20. The highest BCUT2D eigenvalue weighted by molar-refractivity contribution is 5.79. The summed E-state index contributed by atoms with van der Waals surface area (Å²) in [5, 5.41) is 0. The average Bonchev–Trinajstić information content (AvgIpc) is 2.53. The first-order valence-corrected chi connectivity index (χ1v) is 9.26. The molecule has 2 amide bonds. The number of likely N-dealkylation sites (tertiary alicyclic amines) is 1. The molecular weight excluding hydrogens is 308 g/mol. The van der Waals surface area contributed by atoms with Crippen LogP contribution in [-0.2, 0) is 14.3 Å². The standard InChI is InChI=1S/C18H30N2O4/c1-18(2,3)24-17(22)19-10-8-13(9-11-19)20-14-6-4-5-7-15(14)23-12-16(20)21/h13-15H,4-12H2,1-3H3/t14-,15-/m1/s1. The van der Waals surface area contributed by atoms with Crippen LogP contribution < -0.4 is 0 Å². The smallest absolute Gasteiger partial charge is 0.410 e. The van der Waals surface area contributed by atoms with Crippen molar-refractivity contribution in [2.24, 2.45) is 0 Å². The largest absolute Gasteiger partial charge is 0.444 e. The van der Waals surface area contributed by atoms with Gasteiger partial charge in [-0.05, 0) is 46.5 Å². The number of carbonyl (C=O) groups is 2. The molecule has 2 saturated heterocycles. The van der Waals surface area contributed by atoms with E-state index in [1.807, 2.05) is 20.8 Å². The molecule has 1 aliphatic carbocycles. The summed E-state index contributed by atoms with van der Waals surface area (Å²) in [6.45, 7) is 7.17. The molecule has 0 aromatic rings. The summed E-state index contributed by atoms with van der Waals surface area (Å²) < 4.78 is 11.2. The summed E-state index contributed by atoms with van der Waals surface area (Å²) in [5.74, 6) is 0.119. The zero-order valence-electron chi connectivity index (χ0n) is 15.1. The van der Waals surface area contributed by atoms with Gasteiger partial charge in [0.25, 0.3) is 0 Å². The van der Waals surface area contributed by atoms with Crippen molar-refractivity contribution in [1.29, 1.82) is 0 Å². The molecule has 3 aliphatic rings. The van der Waals surface area contributed by atoms with Crippen molar-refractivity contribution in [2.75, 3.05) is 19.7 Å². The van der Waals surface area contributed by atoms with Crippen LogP contribution in [0.3, 0.4) is 0 Å². The topological polar surface area (TPSA) is 59.1 Å². The van der Waals surface area contributed by atoms with Crippen molar-refractivity contribution < 1.29 is 19.1 Å². The van der Waals surface area contributed by atoms with E-state index in [-0.39, 0.29) is 36.8 Å². The lowest BCUT2D eigenvalue weighted by molar-refractivity contribution is -0.166. The van der Waals surface area contributed by atoms with Gasteiger partial charge >= 0.3 is 6.09 Å². The molecule has 0 N–H and O–H groups in total. The highest BCUT2D eigenvalue weighted by atomic mass is 16.6. The van der Waals surface area contributed by atoms with Crippen molar-refractivity contribution in [3.05, 3.63) is 0 Å². The summed E-state index contributed by atoms with van der Waals surface area (Å²) in [5.41, 5.74) is -0.469. The van der Waals surface area contributed by atoms with E-state index in [1.165, 1.54) is 12.8 Å². The molecule has 3 fully saturated rings. The molecule has 136 valence electrons. The number of nitrogens with zero attached hydrogens (tertiary/aromatic N) is 2. The number of rotatable bonds is 1. The Morgan fingerprint density at radius 2 is 1.79 bits per heavy atom. The summed E-state index contributed by atoms with van der Waals surface area (Å²) in [6, 6.07) is 0.462. The van der Waals surface area contributed by atoms with Gasteiger partial charge in [0, 0.05) is 19.1 Å². The van der Waals surface area contributed by atoms with Gasteiger partial charge in [-0.3, -0.25) is 4.79 Å². The Bertz CT molecular complexity index is 480. The molecule has 1 saturated carbocycles. The van der Waals surface area contributed by atoms with Gasteiger partial charge in [-0.15, -0.1) is 0 Å². The molecule has 24 heavy (non-hydrogen) atoms. The first-order valence-electron chi connectivity index (χ1n) is 9.26. The minimum Gasteiger partial charge on any atom is -0.444 e. The highest BCUT2D eigenvalue weighted by Gasteiger charge is 2.42. The number of piperidine rings is 1. The maximum atomic E-state index is 12.4. The van der Waals surface area contributed by atoms with Crippen molar-refractivity contribution in [3.8, 4) is 0 Å². The van der Waals surface area contributed by atoms with Crippen LogP contribution in [0, 0.1) is 0 Å². The van der Waals surface area contributed by atoms with Crippen molar-refractivity contribution in [1.82, 2.24) is 9.80 Å². The molecule has 2 atom stereocenters. The van der Waals surface area contributed by atoms with Gasteiger partial charge in [-0.1, -0.05) is 12.8 Å². The summed E-state index contributed by atoms with van der Waals surface area (Å²) >= 11 is 0. The Morgan fingerprint density at radius 1 is 1.12 bits per heavy atom. The van der Waals surface area contributed by atoms with E-state index in [2.05, 4.69) is 4.90 Å². The number of morpholine rings is 1. The molecule has 0 aromatic carbocycles. The predicted molar refractivity (Wildman–Crippen MR) is 89.7 cm³/mol. The molecular formula is C18H30N2O4. The Kier molecular flexibility index (Phi) is 5.04. The summed E-state index contributed by atoms with van der Waals surface area (Å²) in [7, 11) is 0. The lowest BCUT2D eigenvalue weighted by Gasteiger charge is -2.49. The Morgan fingerprint density at radius 3 is 2.46 bits per heavy atom. The maximum absolute atomic E-state index is 12.4. The Hall–Kier alpha value is -1.30. The van der Waals surface area contributed by atoms with Crippen LogP contribution in [-0.4, -0.2) is 65.3 Å². The van der Waals surface area contributed by atoms with Crippen molar-refractivity contribution in [3.63, 3.8) is 0 Å². The summed E-state index contributed by atoms with van der Waals surface area (Å²) in [6.07, 6.45) is 6.09. The average molecular weight is 338 g/mol. The fourth-order valence-corrected chi connectivity index (χ4v) is 4.16. The fraction of sp³-hybridized carbons (Fsp3) is 0.889. The third kappa shape index (κ3) is 3.85. The molecule has 0 radical (unpaired) electrons. The lowest BCUT2D eigenvalue weighted by atomic mass is 9.87. The number of ether oxygens (including phenoxy) is 2. The molecule has 2 aliphatic heterocycles. The fourth-order valence-electron chi connectivity index (χ4n) is 4.16. The molecule has 6 heteroatoms. The van der Waals surface area contributed by atoms with E-state index in [0.29, 0.717) is 13.1 Å². The number of amides is 2. The third-order valence-electron chi connectivity index (χ3n) is 5.24. The van der Waals surface area contributed by atoms with Crippen LogP contribution >= 0.6 is 0 Å². The number of hydrogen-bond acceptors (Lipinski definition) is 4. The molecule has 0 aromatic heterocycles. The number of fused-ring (bicyclic) bond motifs is 1. The zero-order chi connectivity index (χ0) is 17.3. The van der Waals surface area contributed by atoms with Crippen LogP contribution in [0.2, 0.25) is 0 Å². The second kappa shape index (κ2) is 6.90. The van der Waals surface area contributed by atoms with Gasteiger partial charge in [-0.25, -0.2) is 4.79 Å². The molecule has 0 bridgehead atoms. The van der Waals surface area contributed by atoms with Crippen LogP contribution in [0.1, 0.15) is 59.3 Å². The van der Waals surface area contributed by atoms with Gasteiger partial charge in [-0.2, -0.15) is 0 Å². The van der Waals surface area contributed by atoms with E-state index < -0.39 is 5.60 Å². The van der Waals surface area contributed by atoms with Crippen LogP contribution in [0.4, 0.5) is 4.79 Å². The quantitative estimate of drug-likeness (QED) is 0.737. The molecule has 0 spiro atoms. The van der Waals surface area contributed by atoms with Crippen LogP contribution in [0.15, 0.2) is 0 Å². The lowest BCUT2D eigenvalue weighted by Crippen LogP contribution is -2.61. The van der Waals surface area contributed by atoms with Gasteiger partial charge in [0.15, 0.2) is 0 Å². The number of hydrogen-bond donors (Lipinski definition) is 0. The molecule has 6 nitrogen and oxygen atoms in total. The highest BCUT2D eigenvalue weighted by Crippen LogP contribution is 2.32. The number of carbonyl (C=O) groups excluding carboxylic acids is 2. The maximum Gasteiger partial charge on any atom is 0.410 e. The van der Waals surface area contributed by atoms with Crippen LogP contribution in [0.25, 0.3) is 0 Å². The molecule has 0 unspecified atom stereocenters. The molecule has 2 heterocycles. The van der Waals surface area contributed by atoms with E-state index in [4.69, 9.17) is 9.47 Å². The van der Waals surface area contributed by atoms with Gasteiger partial charge in [0.1, 0.15) is 12.2 Å². The monoisotopic (exact) mass is 338 g/mol. The normalized spacial score (nSPS) is 29.4. The van der Waals surface area contributed by atoms with Crippen molar-refractivity contribution in [2.45, 2.75) is 83.1 Å². The first kappa shape index (κ1) is 17.5. The van der Waals surface area contributed by atoms with E-state index in [0.717, 1.165) is 25.7 Å². The van der Waals surface area contributed by atoms with Gasteiger partial charge in [0.2, 0.25) is 5.91 Å². The minimum atomic E-state index is -0.469. The van der Waals surface area contributed by atoms with Crippen molar-refractivity contribution >= 4 is 12.0 Å². The van der Waals surface area contributed by atoms with Crippen LogP contribution in [0.5, 0.6) is 0 Å². The Labute approximate surface area is 144 Å². The second-order valence-electron chi connectivity index (χ2n) is 8.20. The predicted octanol–water partition coefficient (Wildman–Crippen LogP) is 2.56. The minimum absolute atomic E-state index is 0.119. The Balaban J connectivity index is 1.59.